The van der Waals surface area contributed by atoms with Gasteiger partial charge in [0.15, 0.2) is 5.60 Å². The number of aliphatic hydroxyl groups is 1. The van der Waals surface area contributed by atoms with Gasteiger partial charge in [-0.2, -0.15) is 11.3 Å². The smallest absolute Gasteiger partial charge is 0.224 e. The number of furan rings is 1. The molecule has 2 heterocycles. The monoisotopic (exact) mass is 361 g/mol. The van der Waals surface area contributed by atoms with Crippen molar-refractivity contribution in [1.29, 1.82) is 0 Å². The number of carbonyl (C=O) groups is 1. The quantitative estimate of drug-likeness (QED) is 0.705. The molecule has 4 nitrogen and oxygen atoms in total. The summed E-state index contributed by atoms with van der Waals surface area (Å²) in [4.78, 5) is 12.2. The molecule has 24 heavy (non-hydrogen) atoms. The van der Waals surface area contributed by atoms with Crippen molar-refractivity contribution in [1.82, 2.24) is 5.32 Å². The first-order valence-electron chi connectivity index (χ1n) is 7.39. The summed E-state index contributed by atoms with van der Waals surface area (Å²) in [6.07, 6.45) is 1.65. The van der Waals surface area contributed by atoms with Crippen molar-refractivity contribution in [2.75, 3.05) is 6.54 Å². The van der Waals surface area contributed by atoms with Crippen LogP contribution in [-0.4, -0.2) is 17.6 Å². The summed E-state index contributed by atoms with van der Waals surface area (Å²) < 4.78 is 5.37. The summed E-state index contributed by atoms with van der Waals surface area (Å²) in [7, 11) is 0. The molecule has 0 bridgehead atoms. The van der Waals surface area contributed by atoms with Crippen LogP contribution in [-0.2, 0) is 16.8 Å². The lowest BCUT2D eigenvalue weighted by Crippen LogP contribution is -2.41. The zero-order valence-corrected chi connectivity index (χ0v) is 14.3. The Morgan fingerprint density at radius 1 is 1.25 bits per heavy atom. The maximum absolute atomic E-state index is 12.2. The minimum Gasteiger partial charge on any atom is -0.466 e. The first kappa shape index (κ1) is 16.8. The SMILES string of the molecule is O=C(Cc1ccccc1Cl)NC[C@](O)(c1ccsc1)c1ccco1. The Hall–Kier alpha value is -2.08. The lowest BCUT2D eigenvalue weighted by atomic mass is 9.93. The van der Waals surface area contributed by atoms with Crippen LogP contribution in [0.25, 0.3) is 0 Å². The summed E-state index contributed by atoms with van der Waals surface area (Å²) >= 11 is 7.55. The summed E-state index contributed by atoms with van der Waals surface area (Å²) in [5, 5.41) is 18.1. The van der Waals surface area contributed by atoms with Crippen molar-refractivity contribution in [3.05, 3.63) is 81.4 Å². The molecule has 3 aromatic rings. The number of rotatable bonds is 6. The van der Waals surface area contributed by atoms with Gasteiger partial charge in [0.05, 0.1) is 19.2 Å². The van der Waals surface area contributed by atoms with Gasteiger partial charge in [0.25, 0.3) is 0 Å². The lowest BCUT2D eigenvalue weighted by molar-refractivity contribution is -0.121. The molecule has 0 saturated heterocycles. The van der Waals surface area contributed by atoms with E-state index in [-0.39, 0.29) is 18.9 Å². The highest BCUT2D eigenvalue weighted by atomic mass is 35.5. The summed E-state index contributed by atoms with van der Waals surface area (Å²) in [5.41, 5.74) is 0.0221. The van der Waals surface area contributed by atoms with Gasteiger partial charge in [-0.3, -0.25) is 4.79 Å². The molecule has 1 amide bonds. The van der Waals surface area contributed by atoms with E-state index in [1.165, 1.54) is 17.6 Å². The molecule has 2 aromatic heterocycles. The van der Waals surface area contributed by atoms with Crippen LogP contribution in [0.1, 0.15) is 16.9 Å². The normalized spacial score (nSPS) is 13.4. The van der Waals surface area contributed by atoms with Crippen LogP contribution in [0.2, 0.25) is 5.02 Å². The highest BCUT2D eigenvalue weighted by Crippen LogP contribution is 2.31. The van der Waals surface area contributed by atoms with Gasteiger partial charge < -0.3 is 14.8 Å². The average molecular weight is 362 g/mol. The Morgan fingerprint density at radius 3 is 2.75 bits per heavy atom. The molecule has 0 aliphatic carbocycles. The third-order valence-corrected chi connectivity index (χ3v) is 4.83. The van der Waals surface area contributed by atoms with E-state index in [4.69, 9.17) is 16.0 Å². The second kappa shape index (κ2) is 7.21. The molecule has 2 N–H and O–H groups in total. The molecular weight excluding hydrogens is 346 g/mol. The van der Waals surface area contributed by atoms with Gasteiger partial charge in [0, 0.05) is 10.6 Å². The van der Waals surface area contributed by atoms with Gasteiger partial charge in [-0.15, -0.1) is 0 Å². The molecule has 0 spiro atoms. The fourth-order valence-corrected chi connectivity index (χ4v) is 3.38. The van der Waals surface area contributed by atoms with Crippen LogP contribution in [0.5, 0.6) is 0 Å². The van der Waals surface area contributed by atoms with E-state index >= 15 is 0 Å². The van der Waals surface area contributed by atoms with Gasteiger partial charge in [-0.05, 0) is 40.6 Å². The standard InChI is InChI=1S/C18H16ClNO3S/c19-15-5-2-1-4-13(15)10-17(21)20-12-18(22,14-7-9-24-11-14)16-6-3-8-23-16/h1-9,11,22H,10,12H2,(H,20,21)/t18-/m0/s1. The number of hydrogen-bond donors (Lipinski definition) is 2. The molecule has 1 atom stereocenters. The molecule has 0 aliphatic heterocycles. The van der Waals surface area contributed by atoms with E-state index in [0.717, 1.165) is 5.56 Å². The Balaban J connectivity index is 1.73. The predicted molar refractivity (Wildman–Crippen MR) is 94.2 cm³/mol. The molecule has 1 aromatic carbocycles. The van der Waals surface area contributed by atoms with Crippen LogP contribution < -0.4 is 5.32 Å². The van der Waals surface area contributed by atoms with E-state index in [0.29, 0.717) is 16.3 Å². The van der Waals surface area contributed by atoms with Crippen LogP contribution in [0.15, 0.2) is 63.9 Å². The van der Waals surface area contributed by atoms with Crippen LogP contribution in [0, 0.1) is 0 Å². The van der Waals surface area contributed by atoms with Crippen molar-refractivity contribution in [3.63, 3.8) is 0 Å². The van der Waals surface area contributed by atoms with Crippen LogP contribution in [0.4, 0.5) is 0 Å². The zero-order valence-electron chi connectivity index (χ0n) is 12.7. The lowest BCUT2D eigenvalue weighted by Gasteiger charge is -2.25. The zero-order chi connectivity index (χ0) is 17.0. The number of amides is 1. The number of thiophene rings is 1. The van der Waals surface area contributed by atoms with Gasteiger partial charge >= 0.3 is 0 Å². The molecule has 0 radical (unpaired) electrons. The number of hydrogen-bond acceptors (Lipinski definition) is 4. The van der Waals surface area contributed by atoms with Crippen LogP contribution >= 0.6 is 22.9 Å². The van der Waals surface area contributed by atoms with E-state index in [1.807, 2.05) is 29.0 Å². The van der Waals surface area contributed by atoms with Crippen molar-refractivity contribution in [2.45, 2.75) is 12.0 Å². The van der Waals surface area contributed by atoms with Gasteiger partial charge in [0.1, 0.15) is 5.76 Å². The van der Waals surface area contributed by atoms with Crippen molar-refractivity contribution in [2.24, 2.45) is 0 Å². The van der Waals surface area contributed by atoms with E-state index in [9.17, 15) is 9.90 Å². The fourth-order valence-electron chi connectivity index (χ4n) is 2.45. The number of nitrogens with one attached hydrogen (secondary N) is 1. The molecule has 0 unspecified atom stereocenters. The maximum Gasteiger partial charge on any atom is 0.224 e. The van der Waals surface area contributed by atoms with E-state index in [2.05, 4.69) is 5.32 Å². The molecular formula is C18H16ClNO3S. The predicted octanol–water partition coefficient (Wildman–Crippen LogP) is 3.59. The minimum absolute atomic E-state index is 0.0144. The highest BCUT2D eigenvalue weighted by Gasteiger charge is 2.35. The minimum atomic E-state index is -1.40. The molecule has 0 saturated carbocycles. The second-order valence-corrected chi connectivity index (χ2v) is 6.58. The maximum atomic E-state index is 12.2. The fraction of sp³-hybridized carbons (Fsp3) is 0.167. The van der Waals surface area contributed by atoms with Gasteiger partial charge in [-0.1, -0.05) is 29.8 Å². The highest BCUT2D eigenvalue weighted by molar-refractivity contribution is 7.08. The topological polar surface area (TPSA) is 62.5 Å². The molecule has 6 heteroatoms. The van der Waals surface area contributed by atoms with Crippen LogP contribution in [0.3, 0.4) is 0 Å². The molecule has 0 aliphatic rings. The number of carbonyl (C=O) groups excluding carboxylic acids is 1. The third kappa shape index (κ3) is 3.53. The Kier molecular flexibility index (Phi) is 5.04. The van der Waals surface area contributed by atoms with E-state index < -0.39 is 5.60 Å². The Morgan fingerprint density at radius 2 is 2.08 bits per heavy atom. The largest absolute Gasteiger partial charge is 0.466 e. The number of halogens is 1. The van der Waals surface area contributed by atoms with E-state index in [1.54, 1.807) is 24.3 Å². The summed E-state index contributed by atoms with van der Waals surface area (Å²) in [6, 6.07) is 12.4. The summed E-state index contributed by atoms with van der Waals surface area (Å²) in [5.74, 6) is 0.169. The Bertz CT molecular complexity index is 765. The Labute approximate surface area is 148 Å². The van der Waals surface area contributed by atoms with Gasteiger partial charge in [-0.25, -0.2) is 0 Å². The summed E-state index contributed by atoms with van der Waals surface area (Å²) in [6.45, 7) is 0.0144. The first-order valence-corrected chi connectivity index (χ1v) is 8.71. The molecule has 3 rings (SSSR count). The van der Waals surface area contributed by atoms with Crippen molar-refractivity contribution < 1.29 is 14.3 Å². The average Bonchev–Trinajstić information content (AvgIpc) is 3.28. The van der Waals surface area contributed by atoms with Gasteiger partial charge in [0.2, 0.25) is 5.91 Å². The first-order chi connectivity index (χ1) is 11.6. The third-order valence-electron chi connectivity index (χ3n) is 3.78. The second-order valence-electron chi connectivity index (χ2n) is 5.39. The van der Waals surface area contributed by atoms with Crippen molar-refractivity contribution in [3.8, 4) is 0 Å². The molecule has 124 valence electrons. The number of benzene rings is 1. The van der Waals surface area contributed by atoms with Crippen molar-refractivity contribution >= 4 is 28.8 Å². The molecule has 0 fully saturated rings.